The summed E-state index contributed by atoms with van der Waals surface area (Å²) in [6.07, 6.45) is 0. The van der Waals surface area contributed by atoms with Gasteiger partial charge in [0.1, 0.15) is 6.54 Å². The molecule has 0 spiro atoms. The van der Waals surface area contributed by atoms with E-state index in [1.165, 1.54) is 19.1 Å². The van der Waals surface area contributed by atoms with E-state index in [1.54, 1.807) is 0 Å². The van der Waals surface area contributed by atoms with Crippen molar-refractivity contribution in [2.45, 2.75) is 19.9 Å². The minimum atomic E-state index is -0.565. The maximum absolute atomic E-state index is 11.5. The lowest BCUT2D eigenvalue weighted by Gasteiger charge is -2.22. The minimum absolute atomic E-state index is 0.0580. The van der Waals surface area contributed by atoms with Crippen LogP contribution in [0.1, 0.15) is 13.8 Å². The van der Waals surface area contributed by atoms with Gasteiger partial charge >= 0.3 is 5.97 Å². The summed E-state index contributed by atoms with van der Waals surface area (Å²) in [5, 5.41) is 0. The van der Waals surface area contributed by atoms with E-state index in [-0.39, 0.29) is 18.4 Å². The molecule has 0 aromatic heterocycles. The maximum Gasteiger partial charge on any atom is 0.325 e. The van der Waals surface area contributed by atoms with Gasteiger partial charge in [-0.05, 0) is 5.92 Å². The third kappa shape index (κ3) is 3.74. The summed E-state index contributed by atoms with van der Waals surface area (Å²) in [5.41, 5.74) is 5.63. The van der Waals surface area contributed by atoms with Crippen molar-refractivity contribution in [2.24, 2.45) is 11.7 Å². The fourth-order valence-corrected chi connectivity index (χ4v) is 0.876. The van der Waals surface area contributed by atoms with Crippen LogP contribution in [0.4, 0.5) is 0 Å². The summed E-state index contributed by atoms with van der Waals surface area (Å²) in [6, 6.07) is -0.565. The number of nitrogens with zero attached hydrogens (tertiary/aromatic N) is 1. The Bertz CT molecular complexity index is 216. The van der Waals surface area contributed by atoms with Crippen LogP contribution in [-0.2, 0) is 14.3 Å². The molecule has 0 aromatic rings. The van der Waals surface area contributed by atoms with E-state index in [1.807, 2.05) is 13.8 Å². The van der Waals surface area contributed by atoms with Crippen molar-refractivity contribution in [2.75, 3.05) is 20.7 Å². The van der Waals surface area contributed by atoms with Crippen LogP contribution in [0.5, 0.6) is 0 Å². The molecular weight excluding hydrogens is 184 g/mol. The molecule has 0 fully saturated rings. The number of nitrogens with two attached hydrogens (primary N) is 1. The second-order valence-corrected chi connectivity index (χ2v) is 3.54. The molecular formula is C9H18N2O3. The number of ether oxygens (including phenoxy) is 1. The number of methoxy groups -OCH3 is 1. The van der Waals surface area contributed by atoms with Crippen LogP contribution in [0.25, 0.3) is 0 Å². The molecule has 5 heteroatoms. The largest absolute Gasteiger partial charge is 0.468 e. The second kappa shape index (κ2) is 5.59. The highest BCUT2D eigenvalue weighted by atomic mass is 16.5. The Balaban J connectivity index is 4.18. The van der Waals surface area contributed by atoms with Crippen molar-refractivity contribution in [1.82, 2.24) is 4.90 Å². The van der Waals surface area contributed by atoms with Gasteiger partial charge in [-0.3, -0.25) is 9.59 Å². The van der Waals surface area contributed by atoms with Gasteiger partial charge < -0.3 is 15.4 Å². The van der Waals surface area contributed by atoms with Crippen molar-refractivity contribution in [1.29, 1.82) is 0 Å². The molecule has 2 N–H and O–H groups in total. The average Bonchev–Trinajstić information content (AvgIpc) is 2.14. The maximum atomic E-state index is 11.5. The number of likely N-dealkylation sites (N-methyl/N-ethyl adjacent to an activating group) is 1. The van der Waals surface area contributed by atoms with Gasteiger partial charge in [-0.2, -0.15) is 0 Å². The summed E-state index contributed by atoms with van der Waals surface area (Å²) < 4.78 is 4.44. The fraction of sp³-hybridized carbons (Fsp3) is 0.778. The predicted octanol–water partition coefficient (Wildman–Crippen LogP) is -0.399. The Labute approximate surface area is 84.2 Å². The van der Waals surface area contributed by atoms with E-state index in [0.29, 0.717) is 0 Å². The molecule has 0 rings (SSSR count). The quantitative estimate of drug-likeness (QED) is 0.630. The van der Waals surface area contributed by atoms with Crippen molar-refractivity contribution in [3.8, 4) is 0 Å². The number of hydrogen-bond donors (Lipinski definition) is 1. The van der Waals surface area contributed by atoms with Gasteiger partial charge in [0.05, 0.1) is 13.2 Å². The molecule has 0 aliphatic heterocycles. The molecule has 0 aliphatic carbocycles. The highest BCUT2D eigenvalue weighted by Crippen LogP contribution is 2.01. The second-order valence-electron chi connectivity index (χ2n) is 3.54. The summed E-state index contributed by atoms with van der Waals surface area (Å²) in [7, 11) is 2.81. The first-order valence-electron chi connectivity index (χ1n) is 4.47. The molecule has 14 heavy (non-hydrogen) atoms. The molecule has 0 bridgehead atoms. The van der Waals surface area contributed by atoms with Crippen molar-refractivity contribution < 1.29 is 14.3 Å². The van der Waals surface area contributed by atoms with Crippen molar-refractivity contribution >= 4 is 11.9 Å². The molecule has 0 aliphatic rings. The minimum Gasteiger partial charge on any atom is -0.468 e. The van der Waals surface area contributed by atoms with E-state index in [9.17, 15) is 9.59 Å². The zero-order valence-corrected chi connectivity index (χ0v) is 9.11. The molecule has 0 heterocycles. The predicted molar refractivity (Wildman–Crippen MR) is 52.5 cm³/mol. The van der Waals surface area contributed by atoms with Crippen LogP contribution in [0.2, 0.25) is 0 Å². The first-order chi connectivity index (χ1) is 6.40. The molecule has 0 aromatic carbocycles. The number of amides is 1. The van der Waals surface area contributed by atoms with E-state index >= 15 is 0 Å². The van der Waals surface area contributed by atoms with Gasteiger partial charge in [-0.1, -0.05) is 13.8 Å². The van der Waals surface area contributed by atoms with Gasteiger partial charge in [-0.25, -0.2) is 0 Å². The van der Waals surface area contributed by atoms with E-state index in [2.05, 4.69) is 4.74 Å². The molecule has 0 saturated carbocycles. The summed E-state index contributed by atoms with van der Waals surface area (Å²) in [6.45, 7) is 3.65. The lowest BCUT2D eigenvalue weighted by atomic mass is 10.0. The normalized spacial score (nSPS) is 12.4. The number of carbonyl (C=O) groups excluding carboxylic acids is 2. The van der Waals surface area contributed by atoms with Gasteiger partial charge in [0, 0.05) is 7.05 Å². The monoisotopic (exact) mass is 202 g/mol. The SMILES string of the molecule is COC(=O)CN(C)C(=O)[C@H](N)C(C)C. The number of hydrogen-bond acceptors (Lipinski definition) is 4. The Morgan fingerprint density at radius 1 is 1.43 bits per heavy atom. The third-order valence-electron chi connectivity index (χ3n) is 1.97. The Morgan fingerprint density at radius 2 is 1.93 bits per heavy atom. The van der Waals surface area contributed by atoms with Crippen molar-refractivity contribution in [3.63, 3.8) is 0 Å². The van der Waals surface area contributed by atoms with Crippen LogP contribution in [0, 0.1) is 5.92 Å². The highest BCUT2D eigenvalue weighted by molar-refractivity contribution is 5.85. The number of carbonyl (C=O) groups is 2. The average molecular weight is 202 g/mol. The molecule has 1 atom stereocenters. The zero-order chi connectivity index (χ0) is 11.3. The van der Waals surface area contributed by atoms with Gasteiger partial charge in [0.15, 0.2) is 0 Å². The van der Waals surface area contributed by atoms with Crippen LogP contribution in [0.3, 0.4) is 0 Å². The Morgan fingerprint density at radius 3 is 2.29 bits per heavy atom. The van der Waals surface area contributed by atoms with E-state index < -0.39 is 12.0 Å². The lowest BCUT2D eigenvalue weighted by molar-refractivity contribution is -0.146. The van der Waals surface area contributed by atoms with E-state index in [4.69, 9.17) is 5.73 Å². The molecule has 0 unspecified atom stereocenters. The van der Waals surface area contributed by atoms with Gasteiger partial charge in [-0.15, -0.1) is 0 Å². The first kappa shape index (κ1) is 12.9. The van der Waals surface area contributed by atoms with Gasteiger partial charge in [0.2, 0.25) is 5.91 Å². The van der Waals surface area contributed by atoms with Crippen LogP contribution < -0.4 is 5.73 Å². The molecule has 0 saturated heterocycles. The fourth-order valence-electron chi connectivity index (χ4n) is 0.876. The topological polar surface area (TPSA) is 72.6 Å². The number of esters is 1. The standard InChI is InChI=1S/C9H18N2O3/c1-6(2)8(10)9(13)11(3)5-7(12)14-4/h6,8H,5,10H2,1-4H3/t8-/m1/s1. The zero-order valence-electron chi connectivity index (χ0n) is 9.11. The first-order valence-corrected chi connectivity index (χ1v) is 4.47. The summed E-state index contributed by atoms with van der Waals surface area (Å²) in [5.74, 6) is -0.634. The highest BCUT2D eigenvalue weighted by Gasteiger charge is 2.22. The smallest absolute Gasteiger partial charge is 0.325 e. The Kier molecular flexibility index (Phi) is 5.15. The van der Waals surface area contributed by atoms with Crippen LogP contribution in [-0.4, -0.2) is 43.5 Å². The van der Waals surface area contributed by atoms with Gasteiger partial charge in [0.25, 0.3) is 0 Å². The van der Waals surface area contributed by atoms with Crippen LogP contribution >= 0.6 is 0 Å². The molecule has 5 nitrogen and oxygen atoms in total. The van der Waals surface area contributed by atoms with Crippen LogP contribution in [0.15, 0.2) is 0 Å². The van der Waals surface area contributed by atoms with E-state index in [0.717, 1.165) is 0 Å². The third-order valence-corrected chi connectivity index (χ3v) is 1.97. The molecule has 0 radical (unpaired) electrons. The summed E-state index contributed by atoms with van der Waals surface area (Å²) >= 11 is 0. The molecule has 82 valence electrons. The summed E-state index contributed by atoms with van der Waals surface area (Å²) in [4.78, 5) is 23.7. The van der Waals surface area contributed by atoms with Crippen molar-refractivity contribution in [3.05, 3.63) is 0 Å². The molecule has 1 amide bonds. The number of rotatable bonds is 4. The Hall–Kier alpha value is -1.10. The lowest BCUT2D eigenvalue weighted by Crippen LogP contribution is -2.46.